The summed E-state index contributed by atoms with van der Waals surface area (Å²) in [5.41, 5.74) is -3.77. The van der Waals surface area contributed by atoms with E-state index in [0.717, 1.165) is 4.57 Å². The zero-order valence-electron chi connectivity index (χ0n) is 10.5. The minimum atomic E-state index is -1.80. The first-order valence-electron chi connectivity index (χ1n) is 5.81. The molecule has 0 amide bonds. The van der Waals surface area contributed by atoms with Crippen molar-refractivity contribution in [3.05, 3.63) is 42.6 Å². The number of aromatic amines is 1. The van der Waals surface area contributed by atoms with E-state index in [2.05, 4.69) is 0 Å². The number of ether oxygens (including phenoxy) is 1. The number of halogens is 2. The van der Waals surface area contributed by atoms with E-state index in [1.54, 1.807) is 0 Å². The highest BCUT2D eigenvalue weighted by molar-refractivity contribution is 5.93. The number of aromatic nitrogens is 2. The van der Waals surface area contributed by atoms with Gasteiger partial charge in [-0.25, -0.2) is 4.79 Å². The van der Waals surface area contributed by atoms with Crippen molar-refractivity contribution in [1.29, 1.82) is 0 Å². The van der Waals surface area contributed by atoms with Crippen molar-refractivity contribution in [3.8, 4) is 5.75 Å². The van der Waals surface area contributed by atoms with E-state index >= 15 is 0 Å². The third-order valence-electron chi connectivity index (χ3n) is 3.29. The van der Waals surface area contributed by atoms with Crippen LogP contribution in [0.1, 0.15) is 13.0 Å². The molecule has 1 aliphatic heterocycles. The Bertz CT molecular complexity index is 917. The molecule has 0 radical (unpaired) electrons. The molecule has 1 atom stereocenters. The van der Waals surface area contributed by atoms with Gasteiger partial charge in [-0.15, -0.1) is 0 Å². The SMILES string of the molecule is CC1COc2c(F)c(F)c([N+](=O)[O-])c3c(=O)[nH]c(=O)n1c23. The van der Waals surface area contributed by atoms with Crippen LogP contribution in [-0.4, -0.2) is 21.1 Å². The van der Waals surface area contributed by atoms with Crippen molar-refractivity contribution in [2.24, 2.45) is 0 Å². The number of nitrogens with one attached hydrogen (secondary N) is 1. The minimum Gasteiger partial charge on any atom is -0.486 e. The molecule has 1 aromatic heterocycles. The fraction of sp³-hybridized carbons (Fsp3) is 0.273. The first-order chi connectivity index (χ1) is 9.84. The lowest BCUT2D eigenvalue weighted by Gasteiger charge is -2.25. The molecule has 21 heavy (non-hydrogen) atoms. The number of rotatable bonds is 1. The Labute approximate surface area is 113 Å². The van der Waals surface area contributed by atoms with Crippen LogP contribution in [0.15, 0.2) is 9.59 Å². The second-order valence-corrected chi connectivity index (χ2v) is 4.58. The topological polar surface area (TPSA) is 107 Å². The molecule has 1 unspecified atom stereocenters. The second-order valence-electron chi connectivity index (χ2n) is 4.58. The normalized spacial score (nSPS) is 16.8. The van der Waals surface area contributed by atoms with Crippen LogP contribution in [0.4, 0.5) is 14.5 Å². The van der Waals surface area contributed by atoms with Gasteiger partial charge in [0.25, 0.3) is 5.56 Å². The van der Waals surface area contributed by atoms with Gasteiger partial charge in [-0.2, -0.15) is 8.78 Å². The van der Waals surface area contributed by atoms with Gasteiger partial charge in [0.15, 0.2) is 5.75 Å². The highest BCUT2D eigenvalue weighted by atomic mass is 19.2. The number of nitro groups is 1. The molecule has 8 nitrogen and oxygen atoms in total. The maximum Gasteiger partial charge on any atom is 0.329 e. The van der Waals surface area contributed by atoms with Crippen molar-refractivity contribution in [2.75, 3.05) is 6.61 Å². The molecule has 10 heteroatoms. The standard InChI is InChI=1S/C11H7F2N3O5/c1-3-2-21-9-6(13)5(12)7(16(19)20)4-8(9)15(3)11(18)14-10(4)17/h3H,2H2,1H3,(H,14,17,18). The molecule has 3 rings (SSSR count). The van der Waals surface area contributed by atoms with Crippen molar-refractivity contribution in [2.45, 2.75) is 13.0 Å². The molecule has 2 aromatic rings. The van der Waals surface area contributed by atoms with E-state index in [-0.39, 0.29) is 6.61 Å². The van der Waals surface area contributed by atoms with Gasteiger partial charge in [0, 0.05) is 0 Å². The van der Waals surface area contributed by atoms with Gasteiger partial charge < -0.3 is 4.74 Å². The van der Waals surface area contributed by atoms with Gasteiger partial charge in [-0.05, 0) is 6.92 Å². The predicted molar refractivity (Wildman–Crippen MR) is 65.6 cm³/mol. The molecule has 0 saturated carbocycles. The number of hydrogen-bond acceptors (Lipinski definition) is 5. The van der Waals surface area contributed by atoms with Gasteiger partial charge in [-0.3, -0.25) is 24.5 Å². The second kappa shape index (κ2) is 4.11. The number of H-pyrrole nitrogens is 1. The Hall–Kier alpha value is -2.78. The fourth-order valence-electron chi connectivity index (χ4n) is 2.41. The summed E-state index contributed by atoms with van der Waals surface area (Å²) < 4.78 is 33.7. The monoisotopic (exact) mass is 299 g/mol. The lowest BCUT2D eigenvalue weighted by Crippen LogP contribution is -2.37. The molecule has 0 bridgehead atoms. The van der Waals surface area contributed by atoms with Gasteiger partial charge in [-0.1, -0.05) is 0 Å². The van der Waals surface area contributed by atoms with Crippen molar-refractivity contribution >= 4 is 16.6 Å². The molecule has 1 aliphatic rings. The van der Waals surface area contributed by atoms with Gasteiger partial charge in [0.1, 0.15) is 17.5 Å². The number of hydrogen-bond donors (Lipinski definition) is 1. The van der Waals surface area contributed by atoms with E-state index in [9.17, 15) is 28.5 Å². The summed E-state index contributed by atoms with van der Waals surface area (Å²) in [6.45, 7) is 1.40. The Morgan fingerprint density at radius 1 is 1.38 bits per heavy atom. The van der Waals surface area contributed by atoms with Crippen LogP contribution in [0.2, 0.25) is 0 Å². The first-order valence-corrected chi connectivity index (χ1v) is 5.81. The Balaban J connectivity index is 2.72. The maximum atomic E-state index is 13.9. The fourth-order valence-corrected chi connectivity index (χ4v) is 2.41. The molecule has 0 saturated heterocycles. The zero-order valence-corrected chi connectivity index (χ0v) is 10.5. The predicted octanol–water partition coefficient (Wildman–Crippen LogP) is 0.830. The summed E-state index contributed by atoms with van der Waals surface area (Å²) in [6, 6.07) is -0.603. The van der Waals surface area contributed by atoms with E-state index < -0.39 is 56.2 Å². The van der Waals surface area contributed by atoms with E-state index in [0.29, 0.717) is 0 Å². The van der Waals surface area contributed by atoms with Crippen molar-refractivity contribution in [3.63, 3.8) is 0 Å². The molecule has 1 aromatic carbocycles. The van der Waals surface area contributed by atoms with E-state index in [1.807, 2.05) is 4.98 Å². The third-order valence-corrected chi connectivity index (χ3v) is 3.29. The maximum absolute atomic E-state index is 13.9. The average Bonchev–Trinajstić information content (AvgIpc) is 2.40. The highest BCUT2D eigenvalue weighted by Gasteiger charge is 2.35. The first kappa shape index (κ1) is 13.2. The molecule has 1 N–H and O–H groups in total. The summed E-state index contributed by atoms with van der Waals surface area (Å²) in [7, 11) is 0. The molecule has 110 valence electrons. The Kier molecular flexibility index (Phi) is 2.58. The van der Waals surface area contributed by atoms with Crippen molar-refractivity contribution < 1.29 is 18.4 Å². The molecule has 0 spiro atoms. The molecular weight excluding hydrogens is 292 g/mol. The van der Waals surface area contributed by atoms with Crippen LogP contribution in [0.25, 0.3) is 10.9 Å². The summed E-state index contributed by atoms with van der Waals surface area (Å²) in [4.78, 5) is 35.3. The van der Waals surface area contributed by atoms with Crippen LogP contribution < -0.4 is 16.0 Å². The minimum absolute atomic E-state index is 0.137. The van der Waals surface area contributed by atoms with E-state index in [1.165, 1.54) is 6.92 Å². The number of nitrogens with zero attached hydrogens (tertiary/aromatic N) is 2. The van der Waals surface area contributed by atoms with Crippen LogP contribution in [0.3, 0.4) is 0 Å². The summed E-state index contributed by atoms with van der Waals surface area (Å²) in [5, 5.41) is 10.2. The molecular formula is C11H7F2N3O5. The molecule has 2 heterocycles. The van der Waals surface area contributed by atoms with E-state index in [4.69, 9.17) is 4.74 Å². The van der Waals surface area contributed by atoms with Crippen LogP contribution in [0.5, 0.6) is 5.75 Å². The van der Waals surface area contributed by atoms with Gasteiger partial charge >= 0.3 is 11.4 Å². The highest BCUT2D eigenvalue weighted by Crippen LogP contribution is 2.39. The molecule has 0 fully saturated rings. The average molecular weight is 299 g/mol. The summed E-state index contributed by atoms with van der Waals surface area (Å²) >= 11 is 0. The number of benzene rings is 1. The summed E-state index contributed by atoms with van der Waals surface area (Å²) in [5.74, 6) is -4.07. The lowest BCUT2D eigenvalue weighted by atomic mass is 10.1. The van der Waals surface area contributed by atoms with Crippen LogP contribution in [0, 0.1) is 21.7 Å². The van der Waals surface area contributed by atoms with Crippen LogP contribution >= 0.6 is 0 Å². The largest absolute Gasteiger partial charge is 0.486 e. The summed E-state index contributed by atoms with van der Waals surface area (Å²) in [6.07, 6.45) is 0. The Morgan fingerprint density at radius 2 is 2.05 bits per heavy atom. The third kappa shape index (κ3) is 1.58. The quantitative estimate of drug-likeness (QED) is 0.620. The van der Waals surface area contributed by atoms with Gasteiger partial charge in [0.2, 0.25) is 11.6 Å². The zero-order chi connectivity index (χ0) is 15.5. The number of nitro benzene ring substituents is 1. The van der Waals surface area contributed by atoms with Gasteiger partial charge in [0.05, 0.1) is 11.0 Å². The Morgan fingerprint density at radius 3 is 2.67 bits per heavy atom. The van der Waals surface area contributed by atoms with Crippen LogP contribution in [-0.2, 0) is 0 Å². The molecule has 0 aliphatic carbocycles. The van der Waals surface area contributed by atoms with Crippen molar-refractivity contribution in [1.82, 2.24) is 9.55 Å². The smallest absolute Gasteiger partial charge is 0.329 e. The lowest BCUT2D eigenvalue weighted by molar-refractivity contribution is -0.386.